The molecule has 1 saturated carbocycles. The first kappa shape index (κ1) is 15.6. The molecule has 0 aromatic heterocycles. The van der Waals surface area contributed by atoms with Crippen LogP contribution in [0.4, 0.5) is 0 Å². The van der Waals surface area contributed by atoms with Gasteiger partial charge >= 0.3 is 0 Å². The van der Waals surface area contributed by atoms with Gasteiger partial charge < -0.3 is 20.9 Å². The van der Waals surface area contributed by atoms with Crippen molar-refractivity contribution in [1.82, 2.24) is 5.32 Å². The zero-order valence-electron chi connectivity index (χ0n) is 12.7. The molecule has 0 saturated heterocycles. The molecule has 116 valence electrons. The Hall–Kier alpha value is -1.75. The molecular formula is C16H24N2O3. The Labute approximate surface area is 125 Å². The van der Waals surface area contributed by atoms with Crippen molar-refractivity contribution in [3.8, 4) is 11.5 Å². The SMILES string of the molecule is COc1cccc(C(=O)NC2(CN)CCCC(C)C2)c1O. The van der Waals surface area contributed by atoms with Crippen LogP contribution in [0.15, 0.2) is 18.2 Å². The van der Waals surface area contributed by atoms with E-state index in [0.29, 0.717) is 18.2 Å². The standard InChI is InChI=1S/C16H24N2O3/c1-11-5-4-8-16(9-11,10-17)18-15(20)12-6-3-7-13(21-2)14(12)19/h3,6-7,11,19H,4-5,8-10,17H2,1-2H3,(H,18,20). The molecule has 2 rings (SSSR count). The van der Waals surface area contributed by atoms with Crippen LogP contribution < -0.4 is 15.8 Å². The molecule has 1 aliphatic carbocycles. The molecule has 1 fully saturated rings. The van der Waals surface area contributed by atoms with Gasteiger partial charge in [-0.1, -0.05) is 25.8 Å². The van der Waals surface area contributed by atoms with Gasteiger partial charge in [-0.15, -0.1) is 0 Å². The first-order valence-electron chi connectivity index (χ1n) is 7.40. The molecule has 1 aromatic carbocycles. The summed E-state index contributed by atoms with van der Waals surface area (Å²) in [6.07, 6.45) is 3.98. The summed E-state index contributed by atoms with van der Waals surface area (Å²) < 4.78 is 5.04. The van der Waals surface area contributed by atoms with E-state index in [9.17, 15) is 9.90 Å². The molecule has 0 aliphatic heterocycles. The third kappa shape index (κ3) is 3.29. The van der Waals surface area contributed by atoms with Crippen LogP contribution in [-0.2, 0) is 0 Å². The Kier molecular flexibility index (Phi) is 4.73. The number of ether oxygens (including phenoxy) is 1. The molecule has 0 spiro atoms. The van der Waals surface area contributed by atoms with Gasteiger partial charge in [-0.3, -0.25) is 4.79 Å². The molecule has 2 atom stereocenters. The van der Waals surface area contributed by atoms with Crippen LogP contribution in [0.5, 0.6) is 11.5 Å². The van der Waals surface area contributed by atoms with Crippen LogP contribution in [0.3, 0.4) is 0 Å². The van der Waals surface area contributed by atoms with Crippen LogP contribution in [0.25, 0.3) is 0 Å². The number of methoxy groups -OCH3 is 1. The van der Waals surface area contributed by atoms with Gasteiger partial charge in [-0.2, -0.15) is 0 Å². The van der Waals surface area contributed by atoms with E-state index in [0.717, 1.165) is 19.3 Å². The quantitative estimate of drug-likeness (QED) is 0.793. The number of phenolic OH excluding ortho intramolecular Hbond substituents is 1. The first-order valence-corrected chi connectivity index (χ1v) is 7.40. The predicted octanol–water partition coefficient (Wildman–Crippen LogP) is 2.04. The number of nitrogens with one attached hydrogen (secondary N) is 1. The van der Waals surface area contributed by atoms with Gasteiger partial charge in [0.2, 0.25) is 0 Å². The number of benzene rings is 1. The van der Waals surface area contributed by atoms with Crippen molar-refractivity contribution >= 4 is 5.91 Å². The molecule has 4 N–H and O–H groups in total. The number of nitrogens with two attached hydrogens (primary N) is 1. The van der Waals surface area contributed by atoms with Gasteiger partial charge in [-0.25, -0.2) is 0 Å². The number of carbonyl (C=O) groups excluding carboxylic acids is 1. The van der Waals surface area contributed by atoms with Crippen molar-refractivity contribution in [1.29, 1.82) is 0 Å². The van der Waals surface area contributed by atoms with Crippen LogP contribution in [0, 0.1) is 5.92 Å². The molecule has 21 heavy (non-hydrogen) atoms. The Balaban J connectivity index is 2.20. The maximum Gasteiger partial charge on any atom is 0.255 e. The number of amides is 1. The number of hydrogen-bond donors (Lipinski definition) is 3. The summed E-state index contributed by atoms with van der Waals surface area (Å²) in [5, 5.41) is 13.1. The normalized spacial score (nSPS) is 25.4. The van der Waals surface area contributed by atoms with Crippen molar-refractivity contribution in [2.75, 3.05) is 13.7 Å². The van der Waals surface area contributed by atoms with Gasteiger partial charge in [0.25, 0.3) is 5.91 Å². The minimum Gasteiger partial charge on any atom is -0.504 e. The summed E-state index contributed by atoms with van der Waals surface area (Å²) in [6.45, 7) is 2.59. The van der Waals surface area contributed by atoms with Crippen molar-refractivity contribution < 1.29 is 14.6 Å². The van der Waals surface area contributed by atoms with E-state index in [1.807, 2.05) is 0 Å². The summed E-state index contributed by atoms with van der Waals surface area (Å²) in [6, 6.07) is 4.89. The number of carbonyl (C=O) groups is 1. The molecule has 5 nitrogen and oxygen atoms in total. The minimum absolute atomic E-state index is 0.131. The maximum atomic E-state index is 12.5. The van der Waals surface area contributed by atoms with Crippen molar-refractivity contribution in [3.05, 3.63) is 23.8 Å². The number of para-hydroxylation sites is 1. The highest BCUT2D eigenvalue weighted by molar-refractivity contribution is 5.98. The molecule has 0 bridgehead atoms. The molecule has 1 aliphatic rings. The Morgan fingerprint density at radius 3 is 2.95 bits per heavy atom. The first-order chi connectivity index (χ1) is 10.0. The second-order valence-electron chi connectivity index (χ2n) is 6.00. The number of aromatic hydroxyl groups is 1. The largest absolute Gasteiger partial charge is 0.504 e. The van der Waals surface area contributed by atoms with E-state index in [1.165, 1.54) is 13.5 Å². The van der Waals surface area contributed by atoms with E-state index in [-0.39, 0.29) is 22.8 Å². The number of rotatable bonds is 4. The maximum absolute atomic E-state index is 12.5. The average Bonchev–Trinajstić information content (AvgIpc) is 2.47. The summed E-state index contributed by atoms with van der Waals surface area (Å²) in [4.78, 5) is 12.5. The highest BCUT2D eigenvalue weighted by Crippen LogP contribution is 2.33. The molecule has 0 heterocycles. The second-order valence-corrected chi connectivity index (χ2v) is 6.00. The minimum atomic E-state index is -0.371. The molecule has 2 unspecified atom stereocenters. The summed E-state index contributed by atoms with van der Waals surface area (Å²) in [7, 11) is 1.46. The lowest BCUT2D eigenvalue weighted by molar-refractivity contribution is 0.0850. The van der Waals surface area contributed by atoms with E-state index < -0.39 is 0 Å². The predicted molar refractivity (Wildman–Crippen MR) is 81.5 cm³/mol. The van der Waals surface area contributed by atoms with Crippen molar-refractivity contribution in [2.24, 2.45) is 11.7 Å². The van der Waals surface area contributed by atoms with Crippen LogP contribution in [-0.4, -0.2) is 30.2 Å². The van der Waals surface area contributed by atoms with E-state index >= 15 is 0 Å². The van der Waals surface area contributed by atoms with E-state index in [4.69, 9.17) is 10.5 Å². The summed E-state index contributed by atoms with van der Waals surface area (Å²) >= 11 is 0. The highest BCUT2D eigenvalue weighted by Gasteiger charge is 2.35. The third-order valence-corrected chi connectivity index (χ3v) is 4.32. The smallest absolute Gasteiger partial charge is 0.255 e. The fourth-order valence-electron chi connectivity index (χ4n) is 3.19. The van der Waals surface area contributed by atoms with Crippen molar-refractivity contribution in [3.63, 3.8) is 0 Å². The van der Waals surface area contributed by atoms with Gasteiger partial charge in [0.05, 0.1) is 18.2 Å². The lowest BCUT2D eigenvalue weighted by Gasteiger charge is -2.40. The van der Waals surface area contributed by atoms with E-state index in [2.05, 4.69) is 12.2 Å². The molecule has 5 heteroatoms. The highest BCUT2D eigenvalue weighted by atomic mass is 16.5. The molecular weight excluding hydrogens is 268 g/mol. The Bertz CT molecular complexity index is 518. The lowest BCUT2D eigenvalue weighted by atomic mass is 9.76. The molecule has 1 aromatic rings. The Morgan fingerprint density at radius 2 is 2.33 bits per heavy atom. The van der Waals surface area contributed by atoms with E-state index in [1.54, 1.807) is 18.2 Å². The third-order valence-electron chi connectivity index (χ3n) is 4.32. The number of hydrogen-bond acceptors (Lipinski definition) is 4. The monoisotopic (exact) mass is 292 g/mol. The fourth-order valence-corrected chi connectivity index (χ4v) is 3.19. The zero-order valence-corrected chi connectivity index (χ0v) is 12.7. The van der Waals surface area contributed by atoms with Gasteiger partial charge in [0.15, 0.2) is 11.5 Å². The van der Waals surface area contributed by atoms with Gasteiger partial charge in [0, 0.05) is 6.54 Å². The average molecular weight is 292 g/mol. The molecule has 0 radical (unpaired) electrons. The molecule has 1 amide bonds. The van der Waals surface area contributed by atoms with Crippen LogP contribution >= 0.6 is 0 Å². The second kappa shape index (κ2) is 6.35. The fraction of sp³-hybridized carbons (Fsp3) is 0.562. The zero-order chi connectivity index (χ0) is 15.5. The Morgan fingerprint density at radius 1 is 1.57 bits per heavy atom. The van der Waals surface area contributed by atoms with Crippen molar-refractivity contribution in [2.45, 2.75) is 38.1 Å². The van der Waals surface area contributed by atoms with Crippen LogP contribution in [0.1, 0.15) is 43.0 Å². The number of phenols is 1. The topological polar surface area (TPSA) is 84.6 Å². The van der Waals surface area contributed by atoms with Crippen LogP contribution in [0.2, 0.25) is 0 Å². The summed E-state index contributed by atoms with van der Waals surface area (Å²) in [5.74, 6) is 0.405. The lowest BCUT2D eigenvalue weighted by Crippen LogP contribution is -2.56. The van der Waals surface area contributed by atoms with Gasteiger partial charge in [-0.05, 0) is 30.9 Å². The van der Waals surface area contributed by atoms with Gasteiger partial charge in [0.1, 0.15) is 0 Å². The summed E-state index contributed by atoms with van der Waals surface area (Å²) in [5.41, 5.74) is 5.77.